The van der Waals surface area contributed by atoms with E-state index in [1.165, 1.54) is 54.3 Å². The number of anilines is 1. The summed E-state index contributed by atoms with van der Waals surface area (Å²) in [5.41, 5.74) is -0.233. The topological polar surface area (TPSA) is 105 Å². The SMILES string of the molecule is CC(C(=O)NC(C)(C)C)N(Cc1ccccc1F)C(=O)CN(c1ccc2c(c1)OCCO2)S(=O)(=O)c1ccccc1. The number of benzene rings is 3. The molecule has 1 atom stereocenters. The van der Waals surface area contributed by atoms with Crippen LogP contribution in [-0.2, 0) is 26.2 Å². The van der Waals surface area contributed by atoms with Crippen LogP contribution in [0.3, 0.4) is 0 Å². The fourth-order valence-electron chi connectivity index (χ4n) is 4.30. The molecule has 1 aliphatic heterocycles. The highest BCUT2D eigenvalue weighted by Crippen LogP contribution is 2.36. The van der Waals surface area contributed by atoms with Crippen molar-refractivity contribution in [2.45, 2.75) is 50.7 Å². The van der Waals surface area contributed by atoms with E-state index in [0.29, 0.717) is 18.1 Å². The average molecular weight is 584 g/mol. The molecular weight excluding hydrogens is 549 g/mol. The van der Waals surface area contributed by atoms with Crippen molar-refractivity contribution in [1.82, 2.24) is 10.2 Å². The fraction of sp³-hybridized carbons (Fsp3) is 0.333. The fourth-order valence-corrected chi connectivity index (χ4v) is 5.73. The number of carbonyl (C=O) groups excluding carboxylic acids is 2. The van der Waals surface area contributed by atoms with Gasteiger partial charge >= 0.3 is 0 Å². The monoisotopic (exact) mass is 583 g/mol. The Morgan fingerprint density at radius 2 is 1.59 bits per heavy atom. The van der Waals surface area contributed by atoms with E-state index in [1.807, 2.05) is 0 Å². The van der Waals surface area contributed by atoms with Gasteiger partial charge in [0.1, 0.15) is 31.6 Å². The molecule has 0 fully saturated rings. The molecule has 0 radical (unpaired) electrons. The Labute approximate surface area is 239 Å². The normalized spacial score (nSPS) is 13.7. The predicted molar refractivity (Wildman–Crippen MR) is 153 cm³/mol. The average Bonchev–Trinajstić information content (AvgIpc) is 2.94. The highest BCUT2D eigenvalue weighted by molar-refractivity contribution is 7.92. The highest BCUT2D eigenvalue weighted by Gasteiger charge is 2.34. The number of carbonyl (C=O) groups is 2. The first-order valence-electron chi connectivity index (χ1n) is 13.2. The maximum Gasteiger partial charge on any atom is 0.264 e. The number of nitrogens with zero attached hydrogens (tertiary/aromatic N) is 2. The third-order valence-electron chi connectivity index (χ3n) is 6.39. The number of amides is 2. The van der Waals surface area contributed by atoms with Gasteiger partial charge in [-0.2, -0.15) is 0 Å². The van der Waals surface area contributed by atoms with Crippen molar-refractivity contribution >= 4 is 27.5 Å². The molecule has 2 amide bonds. The maximum absolute atomic E-state index is 14.7. The first kappa shape index (κ1) is 29.9. The lowest BCUT2D eigenvalue weighted by Gasteiger charge is -2.33. The second-order valence-electron chi connectivity index (χ2n) is 10.7. The molecule has 4 rings (SSSR count). The number of fused-ring (bicyclic) bond motifs is 1. The molecule has 3 aromatic rings. The van der Waals surface area contributed by atoms with Crippen molar-refractivity contribution in [1.29, 1.82) is 0 Å². The van der Waals surface area contributed by atoms with E-state index >= 15 is 0 Å². The van der Waals surface area contributed by atoms with Gasteiger partial charge in [0, 0.05) is 23.7 Å². The molecule has 3 aromatic carbocycles. The molecule has 0 aliphatic carbocycles. The molecule has 1 heterocycles. The van der Waals surface area contributed by atoms with E-state index in [0.717, 1.165) is 4.31 Å². The first-order chi connectivity index (χ1) is 19.4. The van der Waals surface area contributed by atoms with Gasteiger partial charge in [-0.1, -0.05) is 36.4 Å². The number of ether oxygens (including phenoxy) is 2. The molecule has 1 unspecified atom stereocenters. The summed E-state index contributed by atoms with van der Waals surface area (Å²) in [6.07, 6.45) is 0. The molecule has 0 aromatic heterocycles. The lowest BCUT2D eigenvalue weighted by molar-refractivity contribution is -0.140. The molecular formula is C30H34FN3O6S. The van der Waals surface area contributed by atoms with E-state index in [-0.39, 0.29) is 29.3 Å². The van der Waals surface area contributed by atoms with Gasteiger partial charge in [-0.15, -0.1) is 0 Å². The van der Waals surface area contributed by atoms with Crippen molar-refractivity contribution < 1.29 is 31.9 Å². The summed E-state index contributed by atoms with van der Waals surface area (Å²) < 4.78 is 54.7. The minimum Gasteiger partial charge on any atom is -0.486 e. The molecule has 0 saturated heterocycles. The summed E-state index contributed by atoms with van der Waals surface area (Å²) in [4.78, 5) is 28.3. The summed E-state index contributed by atoms with van der Waals surface area (Å²) in [6.45, 7) is 6.68. The van der Waals surface area contributed by atoms with Crippen LogP contribution >= 0.6 is 0 Å². The van der Waals surface area contributed by atoms with Crippen LogP contribution < -0.4 is 19.1 Å². The molecule has 1 N–H and O–H groups in total. The van der Waals surface area contributed by atoms with Crippen molar-refractivity contribution in [3.05, 3.63) is 84.2 Å². The zero-order valence-electron chi connectivity index (χ0n) is 23.5. The number of hydrogen-bond acceptors (Lipinski definition) is 6. The quantitative estimate of drug-likeness (QED) is 0.406. The summed E-state index contributed by atoms with van der Waals surface area (Å²) in [5, 5.41) is 2.84. The van der Waals surface area contributed by atoms with Crippen LogP contribution in [0.1, 0.15) is 33.3 Å². The van der Waals surface area contributed by atoms with E-state index < -0.39 is 45.8 Å². The number of halogens is 1. The smallest absolute Gasteiger partial charge is 0.264 e. The van der Waals surface area contributed by atoms with Gasteiger partial charge in [-0.05, 0) is 58.0 Å². The van der Waals surface area contributed by atoms with Crippen LogP contribution in [-0.4, -0.2) is 56.5 Å². The highest BCUT2D eigenvalue weighted by atomic mass is 32.2. The number of nitrogens with one attached hydrogen (secondary N) is 1. The third kappa shape index (κ3) is 7.15. The molecule has 0 saturated carbocycles. The molecule has 218 valence electrons. The Bertz CT molecular complexity index is 1510. The standard InChI is InChI=1S/C30H34FN3O6S/c1-21(29(36)32-30(2,3)4)33(19-22-10-8-9-13-25(22)31)28(35)20-34(41(37,38)24-11-6-5-7-12-24)23-14-15-26-27(18-23)40-17-16-39-26/h5-15,18,21H,16-17,19-20H2,1-4H3,(H,32,36). The summed E-state index contributed by atoms with van der Waals surface area (Å²) in [5.74, 6) is -0.903. The maximum atomic E-state index is 14.7. The van der Waals surface area contributed by atoms with Crippen LogP contribution in [0.5, 0.6) is 11.5 Å². The molecule has 41 heavy (non-hydrogen) atoms. The van der Waals surface area contributed by atoms with Gasteiger partial charge in [-0.25, -0.2) is 12.8 Å². The minimum absolute atomic E-state index is 0.0260. The largest absolute Gasteiger partial charge is 0.486 e. The Kier molecular flexibility index (Phi) is 8.86. The van der Waals surface area contributed by atoms with Crippen molar-refractivity contribution in [2.75, 3.05) is 24.1 Å². The zero-order valence-corrected chi connectivity index (χ0v) is 24.3. The minimum atomic E-state index is -4.25. The second kappa shape index (κ2) is 12.2. The molecule has 9 nitrogen and oxygen atoms in total. The van der Waals surface area contributed by atoms with Crippen molar-refractivity contribution in [3.63, 3.8) is 0 Å². The Morgan fingerprint density at radius 3 is 2.24 bits per heavy atom. The zero-order chi connectivity index (χ0) is 29.8. The van der Waals surface area contributed by atoms with Crippen LogP contribution in [0.15, 0.2) is 77.7 Å². The van der Waals surface area contributed by atoms with Gasteiger partial charge < -0.3 is 19.7 Å². The van der Waals surface area contributed by atoms with Crippen LogP contribution in [0.25, 0.3) is 0 Å². The number of hydrogen-bond donors (Lipinski definition) is 1. The van der Waals surface area contributed by atoms with Crippen LogP contribution in [0, 0.1) is 5.82 Å². The van der Waals surface area contributed by atoms with E-state index in [9.17, 15) is 22.4 Å². The molecule has 0 spiro atoms. The van der Waals surface area contributed by atoms with Gasteiger partial charge in [0.25, 0.3) is 10.0 Å². The molecule has 0 bridgehead atoms. The number of sulfonamides is 1. The van der Waals surface area contributed by atoms with Gasteiger partial charge in [0.05, 0.1) is 10.6 Å². The van der Waals surface area contributed by atoms with Crippen molar-refractivity contribution in [2.24, 2.45) is 0 Å². The number of rotatable bonds is 9. The van der Waals surface area contributed by atoms with Gasteiger partial charge in [-0.3, -0.25) is 13.9 Å². The summed E-state index contributed by atoms with van der Waals surface area (Å²) in [7, 11) is -4.25. The Morgan fingerprint density at radius 1 is 0.951 bits per heavy atom. The van der Waals surface area contributed by atoms with E-state index in [1.54, 1.807) is 51.1 Å². The lowest BCUT2D eigenvalue weighted by atomic mass is 10.1. The first-order valence-corrected chi connectivity index (χ1v) is 14.6. The summed E-state index contributed by atoms with van der Waals surface area (Å²) in [6, 6.07) is 17.2. The summed E-state index contributed by atoms with van der Waals surface area (Å²) >= 11 is 0. The van der Waals surface area contributed by atoms with E-state index in [2.05, 4.69) is 5.32 Å². The second-order valence-corrected chi connectivity index (χ2v) is 12.5. The Hall–Kier alpha value is -4.12. The third-order valence-corrected chi connectivity index (χ3v) is 8.18. The molecule has 11 heteroatoms. The van der Waals surface area contributed by atoms with Crippen LogP contribution in [0.2, 0.25) is 0 Å². The Balaban J connectivity index is 1.74. The van der Waals surface area contributed by atoms with Gasteiger partial charge in [0.2, 0.25) is 11.8 Å². The van der Waals surface area contributed by atoms with Crippen LogP contribution in [0.4, 0.5) is 10.1 Å². The predicted octanol–water partition coefficient (Wildman–Crippen LogP) is 4.12. The van der Waals surface area contributed by atoms with Crippen molar-refractivity contribution in [3.8, 4) is 11.5 Å². The van der Waals surface area contributed by atoms with E-state index in [4.69, 9.17) is 9.47 Å². The lowest BCUT2D eigenvalue weighted by Crippen LogP contribution is -2.54. The van der Waals surface area contributed by atoms with Gasteiger partial charge in [0.15, 0.2) is 11.5 Å². The molecule has 1 aliphatic rings.